The van der Waals surface area contributed by atoms with E-state index in [0.29, 0.717) is 6.41 Å². The molecule has 0 aromatic carbocycles. The largest absolute Gasteiger partial charge is 0.481 e. The van der Waals surface area contributed by atoms with Crippen LogP contribution in [0.3, 0.4) is 0 Å². The van der Waals surface area contributed by atoms with E-state index < -0.39 is 5.97 Å². The van der Waals surface area contributed by atoms with Crippen LogP contribution in [0.2, 0.25) is 0 Å². The second-order valence-corrected chi connectivity index (χ2v) is 2.65. The lowest BCUT2D eigenvalue weighted by Crippen LogP contribution is -2.26. The number of carbonyl (C=O) groups excluding carboxylic acids is 1. The maximum absolute atomic E-state index is 10.1. The van der Waals surface area contributed by atoms with Crippen molar-refractivity contribution in [3.8, 4) is 0 Å². The molecular formula is C5H9NO3S. The van der Waals surface area contributed by atoms with Crippen molar-refractivity contribution >= 4 is 24.1 Å². The summed E-state index contributed by atoms with van der Waals surface area (Å²) in [7, 11) is 0. The van der Waals surface area contributed by atoms with Crippen LogP contribution in [0.4, 0.5) is 0 Å². The van der Waals surface area contributed by atoms with Crippen molar-refractivity contribution in [1.82, 2.24) is 5.32 Å². The average Bonchev–Trinajstić information content (AvgIpc) is 1.86. The Hall–Kier alpha value is -0.710. The molecule has 0 spiro atoms. The molecule has 4 nitrogen and oxygen atoms in total. The SMILES string of the molecule is CSC(CC(=O)O)NC=O. The normalized spacial score (nSPS) is 12.1. The van der Waals surface area contributed by atoms with Gasteiger partial charge in [0.05, 0.1) is 11.8 Å². The number of rotatable bonds is 5. The number of carboxylic acid groups (broad SMARTS) is 1. The van der Waals surface area contributed by atoms with Crippen LogP contribution < -0.4 is 5.32 Å². The van der Waals surface area contributed by atoms with Gasteiger partial charge >= 0.3 is 5.97 Å². The second-order valence-electron chi connectivity index (χ2n) is 1.61. The van der Waals surface area contributed by atoms with E-state index in [9.17, 15) is 9.59 Å². The minimum Gasteiger partial charge on any atom is -0.481 e. The molecule has 0 rings (SSSR count). The summed E-state index contributed by atoms with van der Waals surface area (Å²) in [6.45, 7) is 0. The maximum atomic E-state index is 10.1. The molecule has 0 heterocycles. The maximum Gasteiger partial charge on any atom is 0.306 e. The Bertz CT molecular complexity index is 128. The minimum atomic E-state index is -0.909. The number of amides is 1. The van der Waals surface area contributed by atoms with E-state index in [4.69, 9.17) is 5.11 Å². The van der Waals surface area contributed by atoms with E-state index in [1.165, 1.54) is 11.8 Å². The van der Waals surface area contributed by atoms with Gasteiger partial charge < -0.3 is 10.4 Å². The van der Waals surface area contributed by atoms with Gasteiger partial charge in [-0.15, -0.1) is 11.8 Å². The molecule has 0 aliphatic carbocycles. The zero-order valence-corrected chi connectivity index (χ0v) is 6.35. The monoisotopic (exact) mass is 163 g/mol. The summed E-state index contributed by atoms with van der Waals surface area (Å²) in [5, 5.41) is 10.3. The van der Waals surface area contributed by atoms with Gasteiger partial charge in [0.25, 0.3) is 0 Å². The van der Waals surface area contributed by atoms with Gasteiger partial charge in [0.2, 0.25) is 6.41 Å². The molecule has 5 heteroatoms. The molecule has 2 N–H and O–H groups in total. The van der Waals surface area contributed by atoms with Gasteiger partial charge in [0, 0.05) is 0 Å². The highest BCUT2D eigenvalue weighted by Gasteiger charge is 2.08. The summed E-state index contributed by atoms with van der Waals surface area (Å²) in [5.41, 5.74) is 0. The van der Waals surface area contributed by atoms with Crippen LogP contribution in [0.1, 0.15) is 6.42 Å². The minimum absolute atomic E-state index is 0.0418. The summed E-state index contributed by atoms with van der Waals surface area (Å²) in [4.78, 5) is 19.9. The van der Waals surface area contributed by atoms with Crippen molar-refractivity contribution in [2.45, 2.75) is 11.8 Å². The van der Waals surface area contributed by atoms with Crippen LogP contribution in [0.5, 0.6) is 0 Å². The van der Waals surface area contributed by atoms with Crippen LogP contribution in [0.15, 0.2) is 0 Å². The standard InChI is InChI=1S/C5H9NO3S/c1-10-4(6-3-7)2-5(8)9/h3-4H,2H2,1H3,(H,6,7)(H,8,9). The summed E-state index contributed by atoms with van der Waals surface area (Å²) in [6, 6.07) is 0. The number of hydrogen-bond acceptors (Lipinski definition) is 3. The van der Waals surface area contributed by atoms with E-state index in [1.54, 1.807) is 6.26 Å². The molecule has 0 fully saturated rings. The lowest BCUT2D eigenvalue weighted by molar-refractivity contribution is -0.137. The third-order valence-electron chi connectivity index (χ3n) is 0.898. The van der Waals surface area contributed by atoms with E-state index in [2.05, 4.69) is 5.32 Å². The molecule has 0 aromatic heterocycles. The highest BCUT2D eigenvalue weighted by atomic mass is 32.2. The first-order valence-corrected chi connectivity index (χ1v) is 3.93. The van der Waals surface area contributed by atoms with Gasteiger partial charge in [-0.3, -0.25) is 9.59 Å². The average molecular weight is 163 g/mol. The predicted octanol–water partition coefficient (Wildman–Crippen LogP) is -0.104. The van der Waals surface area contributed by atoms with Crippen molar-refractivity contribution in [1.29, 1.82) is 0 Å². The van der Waals surface area contributed by atoms with Crippen LogP contribution >= 0.6 is 11.8 Å². The first kappa shape index (κ1) is 9.29. The number of aliphatic carboxylic acids is 1. The number of nitrogens with one attached hydrogen (secondary N) is 1. The van der Waals surface area contributed by atoms with Gasteiger partial charge in [-0.25, -0.2) is 0 Å². The van der Waals surface area contributed by atoms with E-state index in [0.717, 1.165) is 0 Å². The number of carbonyl (C=O) groups is 2. The molecular weight excluding hydrogens is 154 g/mol. The number of carboxylic acids is 1. The Morgan fingerprint density at radius 2 is 2.50 bits per heavy atom. The summed E-state index contributed by atoms with van der Waals surface area (Å²) in [6.07, 6.45) is 2.20. The summed E-state index contributed by atoms with van der Waals surface area (Å²) in [5.74, 6) is -0.909. The fraction of sp³-hybridized carbons (Fsp3) is 0.600. The molecule has 1 unspecified atom stereocenters. The van der Waals surface area contributed by atoms with E-state index in [1.807, 2.05) is 0 Å². The molecule has 10 heavy (non-hydrogen) atoms. The molecule has 1 amide bonds. The number of hydrogen-bond donors (Lipinski definition) is 2. The van der Waals surface area contributed by atoms with Crippen LogP contribution in [-0.4, -0.2) is 29.1 Å². The van der Waals surface area contributed by atoms with Crippen LogP contribution in [0.25, 0.3) is 0 Å². The van der Waals surface area contributed by atoms with Crippen molar-refractivity contribution < 1.29 is 14.7 Å². The molecule has 0 bridgehead atoms. The van der Waals surface area contributed by atoms with E-state index in [-0.39, 0.29) is 11.8 Å². The molecule has 0 aromatic rings. The van der Waals surface area contributed by atoms with Gasteiger partial charge in [0.15, 0.2) is 0 Å². The van der Waals surface area contributed by atoms with Crippen molar-refractivity contribution in [2.75, 3.05) is 6.26 Å². The predicted molar refractivity (Wildman–Crippen MR) is 38.8 cm³/mol. The van der Waals surface area contributed by atoms with E-state index >= 15 is 0 Å². The van der Waals surface area contributed by atoms with Crippen molar-refractivity contribution in [3.63, 3.8) is 0 Å². The molecule has 0 radical (unpaired) electrons. The van der Waals surface area contributed by atoms with Gasteiger partial charge in [-0.2, -0.15) is 0 Å². The Morgan fingerprint density at radius 1 is 1.90 bits per heavy atom. The molecule has 58 valence electrons. The van der Waals surface area contributed by atoms with Gasteiger partial charge in [-0.05, 0) is 6.26 Å². The number of thioether (sulfide) groups is 1. The third-order valence-corrected chi connectivity index (χ3v) is 1.77. The lowest BCUT2D eigenvalue weighted by atomic mass is 10.4. The fourth-order valence-electron chi connectivity index (χ4n) is 0.445. The highest BCUT2D eigenvalue weighted by molar-refractivity contribution is 7.99. The Morgan fingerprint density at radius 3 is 2.80 bits per heavy atom. The lowest BCUT2D eigenvalue weighted by Gasteiger charge is -2.08. The second kappa shape index (κ2) is 5.10. The fourth-order valence-corrected chi connectivity index (χ4v) is 0.946. The summed E-state index contributed by atoms with van der Waals surface area (Å²) < 4.78 is 0. The van der Waals surface area contributed by atoms with Crippen LogP contribution in [-0.2, 0) is 9.59 Å². The Balaban J connectivity index is 3.59. The molecule has 1 atom stereocenters. The first-order valence-electron chi connectivity index (χ1n) is 2.65. The topological polar surface area (TPSA) is 66.4 Å². The van der Waals surface area contributed by atoms with Gasteiger partial charge in [0.1, 0.15) is 0 Å². The third kappa shape index (κ3) is 4.20. The molecule has 0 saturated heterocycles. The van der Waals surface area contributed by atoms with Crippen molar-refractivity contribution in [2.24, 2.45) is 0 Å². The molecule has 0 saturated carbocycles. The van der Waals surface area contributed by atoms with Gasteiger partial charge in [-0.1, -0.05) is 0 Å². The first-order chi connectivity index (χ1) is 4.70. The quantitative estimate of drug-likeness (QED) is 0.438. The summed E-state index contributed by atoms with van der Waals surface area (Å²) >= 11 is 1.30. The van der Waals surface area contributed by atoms with Crippen LogP contribution in [0, 0.1) is 0 Å². The Labute approximate surface area is 63.0 Å². The van der Waals surface area contributed by atoms with Crippen molar-refractivity contribution in [3.05, 3.63) is 0 Å². The smallest absolute Gasteiger partial charge is 0.306 e. The molecule has 0 aliphatic heterocycles. The Kier molecular flexibility index (Phi) is 4.74. The zero-order chi connectivity index (χ0) is 7.98. The highest BCUT2D eigenvalue weighted by Crippen LogP contribution is 2.05. The molecule has 0 aliphatic rings. The zero-order valence-electron chi connectivity index (χ0n) is 5.53.